The van der Waals surface area contributed by atoms with Crippen molar-refractivity contribution in [2.24, 2.45) is 11.8 Å². The minimum Gasteiger partial charge on any atom is -0.378 e. The van der Waals surface area contributed by atoms with Crippen LogP contribution in [0.2, 0.25) is 0 Å². The Hall–Kier alpha value is -2.42. The van der Waals surface area contributed by atoms with Crippen LogP contribution in [0.5, 0.6) is 0 Å². The lowest BCUT2D eigenvalue weighted by Gasteiger charge is -2.37. The molecule has 0 aliphatic carbocycles. The number of carbonyl (C=O) groups is 1. The highest BCUT2D eigenvalue weighted by Gasteiger charge is 2.49. The second-order valence-electron chi connectivity index (χ2n) is 10.1. The molecule has 8 heteroatoms. The molecule has 0 saturated carbocycles. The number of nitrogens with zero attached hydrogens (tertiary/aromatic N) is 2. The van der Waals surface area contributed by atoms with Gasteiger partial charge >= 0.3 is 0 Å². The fourth-order valence-corrected chi connectivity index (χ4v) is 7.50. The average Bonchev–Trinajstić information content (AvgIpc) is 3.13. The van der Waals surface area contributed by atoms with Gasteiger partial charge in [0.1, 0.15) is 5.25 Å². The van der Waals surface area contributed by atoms with Crippen LogP contribution in [0.4, 0.5) is 5.69 Å². The van der Waals surface area contributed by atoms with Crippen LogP contribution in [0, 0.1) is 18.8 Å². The SMILES string of the molecule is CCC1C(N2CCC(C(=O)NCc3ccc(N(C)C)cc3)CC2)NS(=O)(=O)C1c1ccc(C)cc1. The van der Waals surface area contributed by atoms with Gasteiger partial charge in [0.25, 0.3) is 0 Å². The second-order valence-corrected chi connectivity index (χ2v) is 11.9. The number of amides is 1. The first-order chi connectivity index (χ1) is 16.7. The average molecular weight is 499 g/mol. The zero-order valence-corrected chi connectivity index (χ0v) is 22.0. The maximum atomic E-state index is 13.1. The third-order valence-electron chi connectivity index (χ3n) is 7.50. The zero-order valence-electron chi connectivity index (χ0n) is 21.2. The van der Waals surface area contributed by atoms with E-state index in [1.807, 2.05) is 62.3 Å². The molecule has 7 nitrogen and oxygen atoms in total. The van der Waals surface area contributed by atoms with Gasteiger partial charge in [-0.15, -0.1) is 0 Å². The van der Waals surface area contributed by atoms with E-state index in [1.165, 1.54) is 0 Å². The summed E-state index contributed by atoms with van der Waals surface area (Å²) in [6.45, 7) is 6.00. The fourth-order valence-electron chi connectivity index (χ4n) is 5.38. The monoisotopic (exact) mass is 498 g/mol. The van der Waals surface area contributed by atoms with Crippen molar-refractivity contribution in [3.05, 3.63) is 65.2 Å². The number of nitrogens with one attached hydrogen (secondary N) is 2. The predicted molar refractivity (Wildman–Crippen MR) is 140 cm³/mol. The van der Waals surface area contributed by atoms with Gasteiger partial charge in [-0.1, -0.05) is 48.9 Å². The number of hydrogen-bond acceptors (Lipinski definition) is 5. The molecule has 2 aromatic rings. The van der Waals surface area contributed by atoms with Crippen LogP contribution >= 0.6 is 0 Å². The van der Waals surface area contributed by atoms with Crippen LogP contribution < -0.4 is 14.9 Å². The maximum absolute atomic E-state index is 13.1. The Morgan fingerprint density at radius 3 is 2.26 bits per heavy atom. The third-order valence-corrected chi connectivity index (χ3v) is 9.36. The quantitative estimate of drug-likeness (QED) is 0.611. The standard InChI is InChI=1S/C27H38N4O3S/c1-5-24-25(21-10-6-19(2)7-11-21)35(33,34)29-26(24)31-16-14-22(15-17-31)27(32)28-18-20-8-12-23(13-9-20)30(3)4/h6-13,22,24-26,29H,5,14-18H2,1-4H3,(H,28,32). The molecule has 0 spiro atoms. The highest BCUT2D eigenvalue weighted by atomic mass is 32.2. The summed E-state index contributed by atoms with van der Waals surface area (Å²) in [5, 5.41) is 2.54. The second kappa shape index (κ2) is 10.7. The molecule has 2 saturated heterocycles. The zero-order chi connectivity index (χ0) is 25.2. The number of hydrogen-bond donors (Lipinski definition) is 2. The molecule has 190 valence electrons. The van der Waals surface area contributed by atoms with Crippen molar-refractivity contribution in [2.75, 3.05) is 32.1 Å². The molecule has 2 aromatic carbocycles. The molecular weight excluding hydrogens is 460 g/mol. The maximum Gasteiger partial charge on any atom is 0.223 e. The number of carbonyl (C=O) groups excluding carboxylic acids is 1. The molecule has 0 radical (unpaired) electrons. The largest absolute Gasteiger partial charge is 0.378 e. The Labute approximate surface area is 209 Å². The van der Waals surface area contributed by atoms with Gasteiger partial charge in [-0.3, -0.25) is 9.69 Å². The first kappa shape index (κ1) is 25.7. The van der Waals surface area contributed by atoms with Gasteiger partial charge in [0.2, 0.25) is 15.9 Å². The minimum absolute atomic E-state index is 0.0294. The van der Waals surface area contributed by atoms with Gasteiger partial charge < -0.3 is 10.2 Å². The molecule has 2 aliphatic rings. The number of aryl methyl sites for hydroxylation is 1. The van der Waals surface area contributed by atoms with Crippen LogP contribution in [-0.2, 0) is 21.4 Å². The van der Waals surface area contributed by atoms with E-state index in [2.05, 4.69) is 34.0 Å². The first-order valence-corrected chi connectivity index (χ1v) is 14.1. The van der Waals surface area contributed by atoms with Gasteiger partial charge in [0, 0.05) is 51.3 Å². The molecule has 2 N–H and O–H groups in total. The lowest BCUT2D eigenvalue weighted by atomic mass is 9.90. The topological polar surface area (TPSA) is 81.8 Å². The Bertz CT molecular complexity index is 1110. The van der Waals surface area contributed by atoms with Crippen molar-refractivity contribution in [3.8, 4) is 0 Å². The van der Waals surface area contributed by atoms with Crippen molar-refractivity contribution in [1.82, 2.24) is 14.9 Å². The molecule has 1 amide bonds. The third kappa shape index (κ3) is 5.71. The van der Waals surface area contributed by atoms with E-state index < -0.39 is 15.3 Å². The summed E-state index contributed by atoms with van der Waals surface area (Å²) in [5.74, 6) is 0.00872. The van der Waals surface area contributed by atoms with Crippen LogP contribution in [0.3, 0.4) is 0 Å². The molecule has 3 unspecified atom stereocenters. The Morgan fingerprint density at radius 1 is 1.06 bits per heavy atom. The van der Waals surface area contributed by atoms with Gasteiger partial charge in [0.15, 0.2) is 0 Å². The summed E-state index contributed by atoms with van der Waals surface area (Å²) < 4.78 is 29.2. The van der Waals surface area contributed by atoms with E-state index >= 15 is 0 Å². The van der Waals surface area contributed by atoms with E-state index in [1.54, 1.807) is 0 Å². The summed E-state index contributed by atoms with van der Waals surface area (Å²) in [7, 11) is 0.546. The molecule has 0 aromatic heterocycles. The van der Waals surface area contributed by atoms with Crippen LogP contribution in [0.25, 0.3) is 0 Å². The van der Waals surface area contributed by atoms with Crippen molar-refractivity contribution < 1.29 is 13.2 Å². The predicted octanol–water partition coefficient (Wildman–Crippen LogP) is 3.42. The molecular formula is C27H38N4O3S. The Morgan fingerprint density at radius 2 is 1.69 bits per heavy atom. The van der Waals surface area contributed by atoms with Crippen molar-refractivity contribution >= 4 is 21.6 Å². The fraction of sp³-hybridized carbons (Fsp3) is 0.519. The number of rotatable bonds is 7. The lowest BCUT2D eigenvalue weighted by molar-refractivity contribution is -0.126. The van der Waals surface area contributed by atoms with Gasteiger partial charge in [-0.2, -0.15) is 4.72 Å². The lowest BCUT2D eigenvalue weighted by Crippen LogP contribution is -2.51. The highest BCUT2D eigenvalue weighted by molar-refractivity contribution is 7.90. The Balaban J connectivity index is 1.34. The molecule has 2 fully saturated rings. The van der Waals surface area contributed by atoms with E-state index in [4.69, 9.17) is 0 Å². The molecule has 2 aliphatic heterocycles. The number of benzene rings is 2. The summed E-state index contributed by atoms with van der Waals surface area (Å²) >= 11 is 0. The molecule has 0 bridgehead atoms. The van der Waals surface area contributed by atoms with Gasteiger partial charge in [-0.05, 0) is 49.4 Å². The first-order valence-electron chi connectivity index (χ1n) is 12.6. The normalized spacial score (nSPS) is 24.9. The van der Waals surface area contributed by atoms with E-state index in [9.17, 15) is 13.2 Å². The highest BCUT2D eigenvalue weighted by Crippen LogP contribution is 2.41. The summed E-state index contributed by atoms with van der Waals surface area (Å²) in [6.07, 6.45) is 2.00. The van der Waals surface area contributed by atoms with E-state index in [-0.39, 0.29) is 23.9 Å². The van der Waals surface area contributed by atoms with Crippen LogP contribution in [-0.4, -0.2) is 52.6 Å². The van der Waals surface area contributed by atoms with Crippen molar-refractivity contribution in [3.63, 3.8) is 0 Å². The van der Waals surface area contributed by atoms with Crippen LogP contribution in [0.15, 0.2) is 48.5 Å². The molecule has 35 heavy (non-hydrogen) atoms. The summed E-state index contributed by atoms with van der Waals surface area (Å²) in [6, 6.07) is 16.0. The summed E-state index contributed by atoms with van der Waals surface area (Å²) in [5.41, 5.74) is 4.18. The van der Waals surface area contributed by atoms with Gasteiger partial charge in [0.05, 0.1) is 6.17 Å². The van der Waals surface area contributed by atoms with Crippen LogP contribution in [0.1, 0.15) is 48.1 Å². The molecule has 3 atom stereocenters. The van der Waals surface area contributed by atoms with Gasteiger partial charge in [-0.25, -0.2) is 8.42 Å². The number of sulfonamides is 1. The Kier molecular flexibility index (Phi) is 7.83. The minimum atomic E-state index is -3.46. The smallest absolute Gasteiger partial charge is 0.223 e. The summed E-state index contributed by atoms with van der Waals surface area (Å²) in [4.78, 5) is 17.1. The number of likely N-dealkylation sites (tertiary alicyclic amines) is 1. The molecule has 4 rings (SSSR count). The van der Waals surface area contributed by atoms with Crippen molar-refractivity contribution in [2.45, 2.75) is 51.1 Å². The van der Waals surface area contributed by atoms with Crippen molar-refractivity contribution in [1.29, 1.82) is 0 Å². The van der Waals surface area contributed by atoms with E-state index in [0.717, 1.165) is 41.6 Å². The number of piperidine rings is 1. The van der Waals surface area contributed by atoms with E-state index in [0.29, 0.717) is 19.6 Å². The molecule has 2 heterocycles. The number of anilines is 1.